The van der Waals surface area contributed by atoms with E-state index in [1.54, 1.807) is 0 Å². The first-order valence-corrected chi connectivity index (χ1v) is 6.23. The van der Waals surface area contributed by atoms with Crippen LogP contribution in [0.3, 0.4) is 0 Å². The Bertz CT molecular complexity index is 1240. The third kappa shape index (κ3) is 1.60. The van der Waals surface area contributed by atoms with Crippen LogP contribution >= 0.6 is 0 Å². The molecule has 1 saturated carbocycles. The van der Waals surface area contributed by atoms with Crippen molar-refractivity contribution in [3.8, 4) is 5.75 Å². The number of rotatable bonds is 1. The lowest BCUT2D eigenvalue weighted by molar-refractivity contribution is 0.00274. The molecule has 2 aliphatic carbocycles. The first-order chi connectivity index (χ1) is 17.1. The van der Waals surface area contributed by atoms with Crippen LogP contribution < -0.4 is 4.74 Å². The molecule has 1 aliphatic heterocycles. The molecule has 0 radical (unpaired) electrons. The molecule has 3 atom stereocenters. The molecule has 2 nitrogen and oxygen atoms in total. The molecule has 2 fully saturated rings. The molecule has 4 rings (SSSR count). The molecule has 0 spiro atoms. The summed E-state index contributed by atoms with van der Waals surface area (Å²) in [5.41, 5.74) is -4.31. The van der Waals surface area contributed by atoms with Crippen LogP contribution in [-0.2, 0) is 11.8 Å². The Hall–Kier alpha value is -1.02. The molecule has 1 aromatic carbocycles. The molecule has 2 heteroatoms. The molecule has 108 valence electrons. The summed E-state index contributed by atoms with van der Waals surface area (Å²) in [7, 11) is -3.27. The SMILES string of the molecule is [2H]c1c([2H])c(OC([2H])([2H])[2H])c([2H])c2c1C[C@]1([2H])N(C([2H])([2H])[2H])CC[C@]23C([2H])([2H])C([2H])([2H])C([2H])([2H])C([2H])([2H])[C@]13[2H]. The zero-order valence-electron chi connectivity index (χ0n) is 29.5. The van der Waals surface area contributed by atoms with Crippen molar-refractivity contribution in [2.45, 2.75) is 49.8 Å². The highest BCUT2D eigenvalue weighted by Crippen LogP contribution is 2.55. The Labute approximate surface area is 148 Å². The summed E-state index contributed by atoms with van der Waals surface area (Å²) in [6, 6.07) is -5.98. The first-order valence-electron chi connectivity index (χ1n) is 15.7. The van der Waals surface area contributed by atoms with E-state index in [1.807, 2.05) is 0 Å². The van der Waals surface area contributed by atoms with Crippen LogP contribution in [0.15, 0.2) is 18.1 Å². The smallest absolute Gasteiger partial charge is 0.119 e. The van der Waals surface area contributed by atoms with Crippen LogP contribution in [0.4, 0.5) is 0 Å². The van der Waals surface area contributed by atoms with Crippen LogP contribution in [0.25, 0.3) is 0 Å². The van der Waals surface area contributed by atoms with Crippen molar-refractivity contribution < 1.29 is 30.8 Å². The third-order valence-corrected chi connectivity index (χ3v) is 4.02. The second kappa shape index (κ2) is 4.49. The van der Waals surface area contributed by atoms with Gasteiger partial charge in [-0.05, 0) is 68.2 Å². The Morgan fingerprint density at radius 3 is 3.45 bits per heavy atom. The maximum absolute atomic E-state index is 9.54. The van der Waals surface area contributed by atoms with E-state index < -0.39 is 111 Å². The van der Waals surface area contributed by atoms with Gasteiger partial charge in [-0.1, -0.05) is 18.8 Å². The zero-order valence-corrected chi connectivity index (χ0v) is 10.5. The number of likely N-dealkylation sites (tertiary alicyclic amines) is 1. The third-order valence-electron chi connectivity index (χ3n) is 4.02. The van der Waals surface area contributed by atoms with E-state index in [1.165, 1.54) is 0 Å². The number of hydrogen-bond acceptors (Lipinski definition) is 2. The highest BCUT2D eigenvalue weighted by Gasteiger charge is 2.53. The number of fused-ring (bicyclic) bond motifs is 1. The Morgan fingerprint density at radius 2 is 2.55 bits per heavy atom. The van der Waals surface area contributed by atoms with Crippen molar-refractivity contribution in [3.63, 3.8) is 0 Å². The van der Waals surface area contributed by atoms with Gasteiger partial charge in [-0.2, -0.15) is 0 Å². The topological polar surface area (TPSA) is 12.5 Å². The van der Waals surface area contributed by atoms with Gasteiger partial charge >= 0.3 is 0 Å². The number of ether oxygens (including phenoxy) is 1. The molecule has 3 aliphatic rings. The van der Waals surface area contributed by atoms with E-state index in [2.05, 4.69) is 0 Å². The molecular formula is C18H25NO. The number of likely N-dealkylation sites (N-methyl/N-ethyl adjacent to an activating group) is 1. The molecule has 0 unspecified atom stereocenters. The van der Waals surface area contributed by atoms with E-state index in [0.29, 0.717) is 4.90 Å². The van der Waals surface area contributed by atoms with Crippen LogP contribution in [0.1, 0.15) is 69.1 Å². The summed E-state index contributed by atoms with van der Waals surface area (Å²) in [4.78, 5) is 0.415. The zero-order chi connectivity index (χ0) is 30.4. The minimum atomic E-state index is -3.82. The molecule has 2 bridgehead atoms. The van der Waals surface area contributed by atoms with E-state index in [-0.39, 0.29) is 0 Å². The predicted molar refractivity (Wildman–Crippen MR) is 81.4 cm³/mol. The van der Waals surface area contributed by atoms with E-state index in [9.17, 15) is 2.74 Å². The molecule has 0 amide bonds. The summed E-state index contributed by atoms with van der Waals surface area (Å²) in [6.07, 6.45) is -17.0. The van der Waals surface area contributed by atoms with Gasteiger partial charge in [-0.25, -0.2) is 0 Å². The molecule has 0 aromatic heterocycles. The average molecular weight is 291 g/mol. The van der Waals surface area contributed by atoms with Gasteiger partial charge in [0.2, 0.25) is 0 Å². The highest BCUT2D eigenvalue weighted by atomic mass is 16.5. The summed E-state index contributed by atoms with van der Waals surface area (Å²) in [5, 5.41) is 0. The fourth-order valence-corrected chi connectivity index (χ4v) is 3.08. The lowest BCUT2D eigenvalue weighted by atomic mass is 9.52. The average Bonchev–Trinajstić information content (AvgIpc) is 2.73. The van der Waals surface area contributed by atoms with Crippen molar-refractivity contribution in [1.82, 2.24) is 4.90 Å². The molecule has 1 aromatic rings. The second-order valence-corrected chi connectivity index (χ2v) is 4.97. The number of benzene rings is 1. The molecule has 1 heterocycles. The predicted octanol–water partition coefficient (Wildman–Crippen LogP) is 3.38. The standard InChI is InChI=1S/C18H25NO/c1-19-10-9-18-8-4-3-5-15(18)17(19)11-13-6-7-14(20-2)12-16(13)18/h6-7,12,15,17H,3-5,8-11H2,1-2H3/t15-,17+,18+/m1/s1/i1D3,2D3,3D2,4D2,5D2,6D,7D,8D2,12D,15D,17D. The van der Waals surface area contributed by atoms with E-state index in [0.717, 1.165) is 0 Å². The summed E-state index contributed by atoms with van der Waals surface area (Å²) >= 11 is 0. The van der Waals surface area contributed by atoms with Gasteiger partial charge in [0, 0.05) is 29.3 Å². The van der Waals surface area contributed by atoms with Crippen LogP contribution in [0, 0.1) is 5.89 Å². The quantitative estimate of drug-likeness (QED) is 0.786. The van der Waals surface area contributed by atoms with Gasteiger partial charge in [0.25, 0.3) is 0 Å². The molecule has 20 heavy (non-hydrogen) atoms. The lowest BCUT2D eigenvalue weighted by Gasteiger charge is -2.58. The molecule has 0 N–H and O–H groups in total. The summed E-state index contributed by atoms with van der Waals surface area (Å²) in [5.74, 6) is -4.54. The fourth-order valence-electron chi connectivity index (χ4n) is 3.08. The van der Waals surface area contributed by atoms with Gasteiger partial charge in [-0.15, -0.1) is 0 Å². The summed E-state index contributed by atoms with van der Waals surface area (Å²) in [6.45, 7) is -3.94. The minimum Gasteiger partial charge on any atom is -0.497 e. The van der Waals surface area contributed by atoms with Crippen molar-refractivity contribution in [1.29, 1.82) is 0 Å². The Morgan fingerprint density at radius 1 is 1.55 bits per heavy atom. The minimum absolute atomic E-state index is 0.415. The number of piperidine rings is 1. The fraction of sp³-hybridized carbons (Fsp3) is 0.667. The second-order valence-electron chi connectivity index (χ2n) is 4.97. The van der Waals surface area contributed by atoms with Gasteiger partial charge < -0.3 is 9.64 Å². The van der Waals surface area contributed by atoms with Crippen molar-refractivity contribution in [2.75, 3.05) is 20.6 Å². The highest BCUT2D eigenvalue weighted by molar-refractivity contribution is 5.45. The first kappa shape index (κ1) is 3.65. The number of nitrogens with zero attached hydrogens (tertiary/aromatic N) is 1. The van der Waals surface area contributed by atoms with Crippen LogP contribution in [0.2, 0.25) is 0 Å². The van der Waals surface area contributed by atoms with Gasteiger partial charge in [0.15, 0.2) is 0 Å². The van der Waals surface area contributed by atoms with Crippen molar-refractivity contribution in [2.24, 2.45) is 5.89 Å². The van der Waals surface area contributed by atoms with Crippen LogP contribution in [0.5, 0.6) is 5.75 Å². The maximum atomic E-state index is 9.54. The van der Waals surface area contributed by atoms with Gasteiger partial charge in [0.1, 0.15) is 5.75 Å². The maximum Gasteiger partial charge on any atom is 0.119 e. The van der Waals surface area contributed by atoms with Crippen molar-refractivity contribution in [3.05, 3.63) is 29.3 Å². The van der Waals surface area contributed by atoms with Gasteiger partial charge in [-0.3, -0.25) is 0 Å². The van der Waals surface area contributed by atoms with E-state index in [4.69, 9.17) is 28.0 Å². The normalized spacial score (nSPS) is 68.7. The Balaban J connectivity index is 2.31. The molecule has 1 saturated heterocycles. The number of methoxy groups -OCH3 is 1. The largest absolute Gasteiger partial charge is 0.497 e. The van der Waals surface area contributed by atoms with Crippen LogP contribution in [-0.4, -0.2) is 31.5 Å². The Kier molecular flexibility index (Phi) is 0.820. The van der Waals surface area contributed by atoms with E-state index >= 15 is 0 Å². The number of hydrogen-bond donors (Lipinski definition) is 0. The van der Waals surface area contributed by atoms with Gasteiger partial charge in [0.05, 0.1) is 15.3 Å². The lowest BCUT2D eigenvalue weighted by Crippen LogP contribution is -2.59. The summed E-state index contributed by atoms with van der Waals surface area (Å²) < 4.78 is 165. The van der Waals surface area contributed by atoms with Crippen molar-refractivity contribution >= 4 is 0 Å². The monoisotopic (exact) mass is 290 g/mol. The molecular weight excluding hydrogens is 246 g/mol.